The van der Waals surface area contributed by atoms with Crippen LogP contribution in [0.3, 0.4) is 0 Å². The van der Waals surface area contributed by atoms with Crippen molar-refractivity contribution in [1.82, 2.24) is 4.98 Å². The Hall–Kier alpha value is -2.73. The molecule has 3 N–H and O–H groups in total. The zero-order valence-corrected chi connectivity index (χ0v) is 16.1. The molecule has 5 nitrogen and oxygen atoms in total. The van der Waals surface area contributed by atoms with Crippen molar-refractivity contribution in [3.05, 3.63) is 54.7 Å². The summed E-state index contributed by atoms with van der Waals surface area (Å²) in [6.45, 7) is 2.06. The second-order valence-electron chi connectivity index (χ2n) is 6.30. The number of rotatable bonds is 8. The molecule has 0 saturated heterocycles. The summed E-state index contributed by atoms with van der Waals surface area (Å²) in [5, 5.41) is 6.93. The van der Waals surface area contributed by atoms with Crippen LogP contribution < -0.4 is 10.6 Å². The Kier molecular flexibility index (Phi) is 6.54. The number of fused-ring (bicyclic) bond motifs is 1. The first-order valence-electron chi connectivity index (χ1n) is 9.04. The molecule has 3 rings (SSSR count). The average molecular weight is 382 g/mol. The number of amides is 2. The summed E-state index contributed by atoms with van der Waals surface area (Å²) >= 11 is 1.44. The molecular formula is C21H23N3O2S. The highest BCUT2D eigenvalue weighted by Gasteiger charge is 2.07. The SMILES string of the molecule is CCCCC(=O)Nc1cccc(SCC(=O)Nc2ccc3cc[nH]c3c2)c1. The number of aromatic nitrogens is 1. The molecule has 2 aromatic carbocycles. The van der Waals surface area contributed by atoms with E-state index in [1.807, 2.05) is 54.7 Å². The molecule has 1 heterocycles. The number of aromatic amines is 1. The molecule has 3 aromatic rings. The molecule has 1 aromatic heterocycles. The van der Waals surface area contributed by atoms with E-state index in [1.165, 1.54) is 11.8 Å². The van der Waals surface area contributed by atoms with Gasteiger partial charge in [-0.25, -0.2) is 0 Å². The molecule has 6 heteroatoms. The lowest BCUT2D eigenvalue weighted by Crippen LogP contribution is -2.14. The van der Waals surface area contributed by atoms with Crippen molar-refractivity contribution in [3.63, 3.8) is 0 Å². The van der Waals surface area contributed by atoms with Crippen molar-refractivity contribution in [2.24, 2.45) is 0 Å². The van der Waals surface area contributed by atoms with Gasteiger partial charge in [0.25, 0.3) is 0 Å². The molecule has 140 valence electrons. The zero-order valence-electron chi connectivity index (χ0n) is 15.2. The van der Waals surface area contributed by atoms with Gasteiger partial charge in [-0.1, -0.05) is 25.5 Å². The summed E-state index contributed by atoms with van der Waals surface area (Å²) in [6.07, 6.45) is 4.28. The second-order valence-corrected chi connectivity index (χ2v) is 7.34. The molecule has 0 aliphatic rings. The molecule has 2 amide bonds. The molecule has 0 aliphatic carbocycles. The van der Waals surface area contributed by atoms with Gasteiger partial charge in [-0.15, -0.1) is 11.8 Å². The highest BCUT2D eigenvalue weighted by atomic mass is 32.2. The minimum absolute atomic E-state index is 0.0245. The third kappa shape index (κ3) is 5.62. The molecule has 0 bridgehead atoms. The van der Waals surface area contributed by atoms with Gasteiger partial charge in [-0.3, -0.25) is 9.59 Å². The fourth-order valence-electron chi connectivity index (χ4n) is 2.70. The van der Waals surface area contributed by atoms with Gasteiger partial charge in [0.05, 0.1) is 5.75 Å². The third-order valence-corrected chi connectivity index (χ3v) is 5.08. The summed E-state index contributed by atoms with van der Waals surface area (Å²) in [4.78, 5) is 28.1. The number of hydrogen-bond donors (Lipinski definition) is 3. The van der Waals surface area contributed by atoms with Crippen LogP contribution in [0.25, 0.3) is 10.9 Å². The lowest BCUT2D eigenvalue weighted by atomic mass is 10.2. The van der Waals surface area contributed by atoms with Crippen molar-refractivity contribution >= 4 is 45.9 Å². The van der Waals surface area contributed by atoms with Crippen LogP contribution in [0.2, 0.25) is 0 Å². The summed E-state index contributed by atoms with van der Waals surface area (Å²) in [5.41, 5.74) is 2.53. The molecule has 27 heavy (non-hydrogen) atoms. The lowest BCUT2D eigenvalue weighted by Gasteiger charge is -2.08. The first-order chi connectivity index (χ1) is 13.1. The van der Waals surface area contributed by atoms with Crippen molar-refractivity contribution in [1.29, 1.82) is 0 Å². The van der Waals surface area contributed by atoms with Gasteiger partial charge in [0.2, 0.25) is 11.8 Å². The van der Waals surface area contributed by atoms with Gasteiger partial charge in [-0.2, -0.15) is 0 Å². The smallest absolute Gasteiger partial charge is 0.234 e. The number of hydrogen-bond acceptors (Lipinski definition) is 3. The number of anilines is 2. The Morgan fingerprint density at radius 1 is 1.00 bits per heavy atom. The Labute approximate surface area is 162 Å². The number of H-pyrrole nitrogens is 1. The van der Waals surface area contributed by atoms with Gasteiger partial charge < -0.3 is 15.6 Å². The van der Waals surface area contributed by atoms with Crippen LogP contribution in [0, 0.1) is 0 Å². The van der Waals surface area contributed by atoms with Crippen LogP contribution in [0.1, 0.15) is 26.2 Å². The van der Waals surface area contributed by atoms with E-state index in [1.54, 1.807) is 0 Å². The lowest BCUT2D eigenvalue weighted by molar-refractivity contribution is -0.116. The van der Waals surface area contributed by atoms with E-state index in [2.05, 4.69) is 22.5 Å². The Bertz CT molecular complexity index is 936. The first kappa shape index (κ1) is 19.0. The number of carbonyl (C=O) groups is 2. The Morgan fingerprint density at radius 3 is 2.67 bits per heavy atom. The molecule has 0 spiro atoms. The minimum Gasteiger partial charge on any atom is -0.361 e. The van der Waals surface area contributed by atoms with E-state index in [9.17, 15) is 9.59 Å². The molecule has 0 aliphatic heterocycles. The second kappa shape index (κ2) is 9.28. The molecule has 0 unspecified atom stereocenters. The summed E-state index contributed by atoms with van der Waals surface area (Å²) in [6, 6.07) is 15.4. The van der Waals surface area contributed by atoms with E-state index >= 15 is 0 Å². The topological polar surface area (TPSA) is 74.0 Å². The van der Waals surface area contributed by atoms with Crippen LogP contribution >= 0.6 is 11.8 Å². The summed E-state index contributed by atoms with van der Waals surface area (Å²) in [5.74, 6) is 0.260. The molecule has 0 fully saturated rings. The van der Waals surface area contributed by atoms with E-state index in [0.29, 0.717) is 12.2 Å². The maximum Gasteiger partial charge on any atom is 0.234 e. The highest BCUT2D eigenvalue weighted by molar-refractivity contribution is 8.00. The van der Waals surface area contributed by atoms with Gasteiger partial charge >= 0.3 is 0 Å². The van der Waals surface area contributed by atoms with Crippen molar-refractivity contribution < 1.29 is 9.59 Å². The molecule has 0 radical (unpaired) electrons. The normalized spacial score (nSPS) is 10.7. The van der Waals surface area contributed by atoms with E-state index in [4.69, 9.17) is 0 Å². The highest BCUT2D eigenvalue weighted by Crippen LogP contribution is 2.23. The predicted octanol–water partition coefficient (Wildman–Crippen LogP) is 5.03. The Balaban J connectivity index is 1.52. The van der Waals surface area contributed by atoms with Crippen LogP contribution in [-0.2, 0) is 9.59 Å². The number of thioether (sulfide) groups is 1. The van der Waals surface area contributed by atoms with Gasteiger partial charge in [0, 0.05) is 34.4 Å². The predicted molar refractivity (Wildman–Crippen MR) is 112 cm³/mol. The van der Waals surface area contributed by atoms with Gasteiger partial charge in [0.15, 0.2) is 0 Å². The fourth-order valence-corrected chi connectivity index (χ4v) is 3.45. The van der Waals surface area contributed by atoms with Crippen LogP contribution in [0.15, 0.2) is 59.6 Å². The van der Waals surface area contributed by atoms with Crippen molar-refractivity contribution in [3.8, 4) is 0 Å². The number of nitrogens with one attached hydrogen (secondary N) is 3. The number of unbranched alkanes of at least 4 members (excludes halogenated alkanes) is 1. The largest absolute Gasteiger partial charge is 0.361 e. The molecule has 0 atom stereocenters. The summed E-state index contributed by atoms with van der Waals surface area (Å²) in [7, 11) is 0. The van der Waals surface area contributed by atoms with E-state index < -0.39 is 0 Å². The van der Waals surface area contributed by atoms with Crippen molar-refractivity contribution in [2.75, 3.05) is 16.4 Å². The van der Waals surface area contributed by atoms with E-state index in [0.717, 1.165) is 40.0 Å². The van der Waals surface area contributed by atoms with Crippen LogP contribution in [-0.4, -0.2) is 22.6 Å². The van der Waals surface area contributed by atoms with Gasteiger partial charge in [0.1, 0.15) is 0 Å². The van der Waals surface area contributed by atoms with Crippen molar-refractivity contribution in [2.45, 2.75) is 31.1 Å². The maximum atomic E-state index is 12.2. The number of benzene rings is 2. The fraction of sp³-hybridized carbons (Fsp3) is 0.238. The third-order valence-electron chi connectivity index (χ3n) is 4.08. The monoisotopic (exact) mass is 381 g/mol. The van der Waals surface area contributed by atoms with Gasteiger partial charge in [-0.05, 0) is 48.2 Å². The summed E-state index contributed by atoms with van der Waals surface area (Å²) < 4.78 is 0. The van der Waals surface area contributed by atoms with Crippen LogP contribution in [0.4, 0.5) is 11.4 Å². The maximum absolute atomic E-state index is 12.2. The standard InChI is InChI=1S/C21H23N3O2S/c1-2-3-7-20(25)23-16-5-4-6-18(12-16)27-14-21(26)24-17-9-8-15-10-11-22-19(15)13-17/h4-6,8-13,22H,2-3,7,14H2,1H3,(H,23,25)(H,24,26). The Morgan fingerprint density at radius 2 is 1.81 bits per heavy atom. The molecular weight excluding hydrogens is 358 g/mol. The zero-order chi connectivity index (χ0) is 19.1. The quantitative estimate of drug-likeness (QED) is 0.479. The van der Waals surface area contributed by atoms with Crippen LogP contribution in [0.5, 0.6) is 0 Å². The molecule has 0 saturated carbocycles. The minimum atomic E-state index is -0.0664. The average Bonchev–Trinajstić information content (AvgIpc) is 3.13. The number of carbonyl (C=O) groups excluding carboxylic acids is 2. The first-order valence-corrected chi connectivity index (χ1v) is 10.0. The van der Waals surface area contributed by atoms with E-state index in [-0.39, 0.29) is 11.8 Å².